The van der Waals surface area contributed by atoms with Crippen molar-refractivity contribution in [1.29, 1.82) is 0 Å². The molecular weight excluding hydrogens is 358 g/mol. The van der Waals surface area contributed by atoms with E-state index in [0.717, 1.165) is 52.0 Å². The highest BCUT2D eigenvalue weighted by Gasteiger charge is 2.25. The van der Waals surface area contributed by atoms with Gasteiger partial charge in [0.05, 0.1) is 12.5 Å². The Hall–Kier alpha value is -2.72. The number of hydrogen-bond acceptors (Lipinski definition) is 1. The maximum atomic E-state index is 12.7. The van der Waals surface area contributed by atoms with Crippen molar-refractivity contribution in [1.82, 2.24) is 15.3 Å². The van der Waals surface area contributed by atoms with Gasteiger partial charge >= 0.3 is 0 Å². The van der Waals surface area contributed by atoms with Crippen LogP contribution >= 0.6 is 11.6 Å². The number of nitrogens with one attached hydrogen (secondary N) is 3. The first-order valence-electron chi connectivity index (χ1n) is 9.33. The van der Waals surface area contributed by atoms with Gasteiger partial charge in [0.1, 0.15) is 0 Å². The van der Waals surface area contributed by atoms with Crippen LogP contribution in [0.3, 0.4) is 0 Å². The second kappa shape index (κ2) is 6.46. The molecule has 5 heteroatoms. The van der Waals surface area contributed by atoms with Crippen LogP contribution in [0.5, 0.6) is 0 Å². The predicted octanol–water partition coefficient (Wildman–Crippen LogP) is 5.04. The highest BCUT2D eigenvalue weighted by Crippen LogP contribution is 2.35. The van der Waals surface area contributed by atoms with E-state index in [1.165, 1.54) is 10.9 Å². The quantitative estimate of drug-likeness (QED) is 0.460. The lowest BCUT2D eigenvalue weighted by molar-refractivity contribution is -0.121. The molecule has 0 saturated heterocycles. The van der Waals surface area contributed by atoms with Gasteiger partial charge in [0.2, 0.25) is 5.91 Å². The zero-order valence-electron chi connectivity index (χ0n) is 14.8. The van der Waals surface area contributed by atoms with Gasteiger partial charge in [0, 0.05) is 38.7 Å². The van der Waals surface area contributed by atoms with Crippen molar-refractivity contribution < 1.29 is 4.79 Å². The summed E-state index contributed by atoms with van der Waals surface area (Å²) >= 11 is 6.18. The van der Waals surface area contributed by atoms with Crippen LogP contribution in [-0.4, -0.2) is 15.9 Å². The van der Waals surface area contributed by atoms with Crippen LogP contribution in [0.2, 0.25) is 5.02 Å². The number of benzene rings is 2. The topological polar surface area (TPSA) is 60.7 Å². The molecule has 0 radical (unpaired) electrons. The van der Waals surface area contributed by atoms with E-state index < -0.39 is 0 Å². The monoisotopic (exact) mass is 377 g/mol. The Morgan fingerprint density at radius 3 is 2.96 bits per heavy atom. The van der Waals surface area contributed by atoms with Gasteiger partial charge in [-0.25, -0.2) is 0 Å². The summed E-state index contributed by atoms with van der Waals surface area (Å²) in [6, 6.07) is 14.0. The molecule has 4 aromatic rings. The molecule has 0 aliphatic heterocycles. The molecule has 0 saturated carbocycles. The van der Waals surface area contributed by atoms with Crippen molar-refractivity contribution >= 4 is 39.3 Å². The van der Waals surface area contributed by atoms with Crippen LogP contribution in [0.1, 0.15) is 35.7 Å². The maximum absolute atomic E-state index is 12.7. The molecule has 2 heterocycles. The summed E-state index contributed by atoms with van der Waals surface area (Å²) in [5, 5.41) is 6.26. The number of amides is 1. The van der Waals surface area contributed by atoms with Crippen LogP contribution in [0.15, 0.2) is 48.7 Å². The Morgan fingerprint density at radius 2 is 2.04 bits per heavy atom. The number of aryl methyl sites for hydroxylation is 1. The first-order chi connectivity index (χ1) is 13.2. The van der Waals surface area contributed by atoms with E-state index in [-0.39, 0.29) is 11.9 Å². The smallest absolute Gasteiger partial charge is 0.225 e. The number of aromatic nitrogens is 2. The minimum atomic E-state index is 0.0256. The second-order valence-electron chi connectivity index (χ2n) is 7.26. The molecule has 3 N–H and O–H groups in total. The number of halogens is 1. The zero-order chi connectivity index (χ0) is 18.4. The number of para-hydroxylation sites is 1. The van der Waals surface area contributed by atoms with Crippen LogP contribution < -0.4 is 5.32 Å². The summed E-state index contributed by atoms with van der Waals surface area (Å²) < 4.78 is 0. The molecule has 0 unspecified atom stereocenters. The van der Waals surface area contributed by atoms with Crippen LogP contribution in [-0.2, 0) is 17.6 Å². The van der Waals surface area contributed by atoms with E-state index in [4.69, 9.17) is 11.6 Å². The first kappa shape index (κ1) is 16.5. The van der Waals surface area contributed by atoms with Crippen LogP contribution in [0, 0.1) is 0 Å². The van der Waals surface area contributed by atoms with Crippen molar-refractivity contribution in [2.45, 2.75) is 31.7 Å². The lowest BCUT2D eigenvalue weighted by Gasteiger charge is -2.24. The van der Waals surface area contributed by atoms with Crippen LogP contribution in [0.25, 0.3) is 21.8 Å². The van der Waals surface area contributed by atoms with E-state index in [2.05, 4.69) is 21.4 Å². The van der Waals surface area contributed by atoms with Gasteiger partial charge in [-0.3, -0.25) is 4.79 Å². The lowest BCUT2D eigenvalue weighted by Crippen LogP contribution is -2.32. The van der Waals surface area contributed by atoms with E-state index in [1.807, 2.05) is 42.6 Å². The number of fused-ring (bicyclic) bond motifs is 4. The van der Waals surface area contributed by atoms with Crippen LogP contribution in [0.4, 0.5) is 0 Å². The van der Waals surface area contributed by atoms with E-state index in [0.29, 0.717) is 6.42 Å². The molecule has 1 aliphatic carbocycles. The summed E-state index contributed by atoms with van der Waals surface area (Å²) in [4.78, 5) is 19.5. The molecule has 2 aromatic carbocycles. The number of H-pyrrole nitrogens is 2. The number of aromatic amines is 2. The van der Waals surface area contributed by atoms with Gasteiger partial charge in [-0.05, 0) is 54.7 Å². The normalized spacial score (nSPS) is 16.6. The molecule has 0 fully saturated rings. The largest absolute Gasteiger partial charge is 0.361 e. The fraction of sp³-hybridized carbons (Fsp3) is 0.227. The Bertz CT molecular complexity index is 1160. The molecule has 1 amide bonds. The van der Waals surface area contributed by atoms with Crippen molar-refractivity contribution in [2.75, 3.05) is 0 Å². The minimum Gasteiger partial charge on any atom is -0.361 e. The summed E-state index contributed by atoms with van der Waals surface area (Å²) in [7, 11) is 0. The summed E-state index contributed by atoms with van der Waals surface area (Å²) in [5.74, 6) is 0.0503. The Morgan fingerprint density at radius 1 is 1.15 bits per heavy atom. The standard InChI is InChI=1S/C22H20ClN3O/c23-14-8-9-19-17(11-14)16-5-3-7-20(22(16)26-19)25-21(27)10-13-12-24-18-6-2-1-4-15(13)18/h1-2,4,6,8-9,11-12,20,24,26H,3,5,7,10H2,(H,25,27)/t20-/m1/s1. The highest BCUT2D eigenvalue weighted by atomic mass is 35.5. The molecule has 5 rings (SSSR count). The summed E-state index contributed by atoms with van der Waals surface area (Å²) in [5.41, 5.74) is 5.60. The fourth-order valence-electron chi connectivity index (χ4n) is 4.28. The summed E-state index contributed by atoms with van der Waals surface area (Å²) in [6.07, 6.45) is 5.34. The summed E-state index contributed by atoms with van der Waals surface area (Å²) in [6.45, 7) is 0. The van der Waals surface area contributed by atoms with E-state index in [9.17, 15) is 4.79 Å². The number of carbonyl (C=O) groups is 1. The van der Waals surface area contributed by atoms with E-state index >= 15 is 0 Å². The number of rotatable bonds is 3. The number of hydrogen-bond donors (Lipinski definition) is 3. The predicted molar refractivity (Wildman–Crippen MR) is 109 cm³/mol. The van der Waals surface area contributed by atoms with E-state index in [1.54, 1.807) is 0 Å². The van der Waals surface area contributed by atoms with Gasteiger partial charge in [-0.1, -0.05) is 29.8 Å². The second-order valence-corrected chi connectivity index (χ2v) is 7.69. The van der Waals surface area contributed by atoms with Gasteiger partial charge in [0.25, 0.3) is 0 Å². The third-order valence-corrected chi connectivity index (χ3v) is 5.77. The van der Waals surface area contributed by atoms with Crippen molar-refractivity contribution in [2.24, 2.45) is 0 Å². The lowest BCUT2D eigenvalue weighted by atomic mass is 9.91. The molecule has 4 nitrogen and oxygen atoms in total. The van der Waals surface area contributed by atoms with Crippen molar-refractivity contribution in [3.63, 3.8) is 0 Å². The minimum absolute atomic E-state index is 0.0256. The first-order valence-corrected chi connectivity index (χ1v) is 9.71. The molecule has 27 heavy (non-hydrogen) atoms. The van der Waals surface area contributed by atoms with Crippen molar-refractivity contribution in [3.05, 3.63) is 70.5 Å². The Labute approximate surface area is 161 Å². The molecule has 1 aliphatic rings. The highest BCUT2D eigenvalue weighted by molar-refractivity contribution is 6.31. The van der Waals surface area contributed by atoms with Gasteiger partial charge in [0.15, 0.2) is 0 Å². The zero-order valence-corrected chi connectivity index (χ0v) is 15.6. The molecule has 0 bridgehead atoms. The maximum Gasteiger partial charge on any atom is 0.225 e. The molecule has 2 aromatic heterocycles. The average Bonchev–Trinajstić information content (AvgIpc) is 3.24. The number of carbonyl (C=O) groups excluding carboxylic acids is 1. The third-order valence-electron chi connectivity index (χ3n) is 5.53. The van der Waals surface area contributed by atoms with Crippen molar-refractivity contribution in [3.8, 4) is 0 Å². The molecule has 0 spiro atoms. The SMILES string of the molecule is O=C(Cc1c[nH]c2ccccc12)N[C@@H]1CCCc2c1[nH]c1ccc(Cl)cc21. The van der Waals surface area contributed by atoms with Gasteiger partial charge in [-0.15, -0.1) is 0 Å². The Balaban J connectivity index is 1.40. The van der Waals surface area contributed by atoms with Gasteiger partial charge in [-0.2, -0.15) is 0 Å². The molecule has 136 valence electrons. The third kappa shape index (κ3) is 2.90. The molecule has 1 atom stereocenters. The Kier molecular flexibility index (Phi) is 3.94. The average molecular weight is 378 g/mol. The molecular formula is C22H20ClN3O. The van der Waals surface area contributed by atoms with Gasteiger partial charge < -0.3 is 15.3 Å². The fourth-order valence-corrected chi connectivity index (χ4v) is 4.45.